The summed E-state index contributed by atoms with van der Waals surface area (Å²) in [4.78, 5) is 2.25. The van der Waals surface area contributed by atoms with Gasteiger partial charge in [-0.2, -0.15) is 5.10 Å². The minimum atomic E-state index is 0.766. The molecule has 0 spiro atoms. The van der Waals surface area contributed by atoms with Crippen LogP contribution in [0.2, 0.25) is 0 Å². The van der Waals surface area contributed by atoms with Gasteiger partial charge in [0.2, 0.25) is 0 Å². The Balaban J connectivity index is 2.09. The number of nitrogens with zero attached hydrogens (tertiary/aromatic N) is 2. The Morgan fingerprint density at radius 2 is 2.31 bits per heavy atom. The molecule has 0 saturated carbocycles. The Morgan fingerprint density at radius 3 is 2.94 bits per heavy atom. The van der Waals surface area contributed by atoms with Gasteiger partial charge in [-0.15, -0.1) is 0 Å². The van der Waals surface area contributed by atoms with E-state index in [1.54, 1.807) is 7.11 Å². The standard InChI is InChI=1S/C11H22N4O/c1-10-8-11(14-13-10)9-15(2)6-4-12-5-7-16-3/h8,12H,4-7,9H2,1-3H3,(H,13,14). The number of rotatable bonds is 8. The lowest BCUT2D eigenvalue weighted by Gasteiger charge is -2.15. The zero-order chi connectivity index (χ0) is 11.8. The predicted octanol–water partition coefficient (Wildman–Crippen LogP) is 0.386. The van der Waals surface area contributed by atoms with Crippen molar-refractivity contribution in [3.8, 4) is 0 Å². The van der Waals surface area contributed by atoms with Crippen molar-refractivity contribution in [2.75, 3.05) is 40.4 Å². The SMILES string of the molecule is COCCNCCN(C)Cc1cc(C)[nH]n1. The van der Waals surface area contributed by atoms with Gasteiger partial charge in [-0.3, -0.25) is 10.00 Å². The van der Waals surface area contributed by atoms with E-state index < -0.39 is 0 Å². The van der Waals surface area contributed by atoms with Crippen LogP contribution in [0.5, 0.6) is 0 Å². The summed E-state index contributed by atoms with van der Waals surface area (Å²) < 4.78 is 4.96. The van der Waals surface area contributed by atoms with Crippen LogP contribution in [-0.4, -0.2) is 55.5 Å². The van der Waals surface area contributed by atoms with E-state index in [4.69, 9.17) is 4.74 Å². The highest BCUT2D eigenvalue weighted by atomic mass is 16.5. The van der Waals surface area contributed by atoms with Gasteiger partial charge in [-0.1, -0.05) is 0 Å². The fraction of sp³-hybridized carbons (Fsp3) is 0.727. The maximum absolute atomic E-state index is 4.96. The van der Waals surface area contributed by atoms with E-state index >= 15 is 0 Å². The molecule has 0 amide bonds. The lowest BCUT2D eigenvalue weighted by molar-refractivity contribution is 0.197. The van der Waals surface area contributed by atoms with Gasteiger partial charge in [0.05, 0.1) is 12.3 Å². The fourth-order valence-electron chi connectivity index (χ4n) is 1.48. The van der Waals surface area contributed by atoms with E-state index in [1.807, 2.05) is 6.92 Å². The van der Waals surface area contributed by atoms with E-state index in [0.717, 1.165) is 44.2 Å². The van der Waals surface area contributed by atoms with Gasteiger partial charge in [0, 0.05) is 39.0 Å². The maximum atomic E-state index is 4.96. The van der Waals surface area contributed by atoms with Crippen molar-refractivity contribution in [3.63, 3.8) is 0 Å². The van der Waals surface area contributed by atoms with Crippen LogP contribution in [0.15, 0.2) is 6.07 Å². The number of likely N-dealkylation sites (N-methyl/N-ethyl adjacent to an activating group) is 1. The average molecular weight is 226 g/mol. The smallest absolute Gasteiger partial charge is 0.0764 e. The maximum Gasteiger partial charge on any atom is 0.0764 e. The van der Waals surface area contributed by atoms with Gasteiger partial charge in [0.25, 0.3) is 0 Å². The van der Waals surface area contributed by atoms with Crippen LogP contribution < -0.4 is 5.32 Å². The molecule has 0 aliphatic carbocycles. The topological polar surface area (TPSA) is 53.2 Å². The molecule has 1 heterocycles. The summed E-state index contributed by atoms with van der Waals surface area (Å²) in [6.07, 6.45) is 0. The van der Waals surface area contributed by atoms with Gasteiger partial charge in [0.15, 0.2) is 0 Å². The quantitative estimate of drug-likeness (QED) is 0.630. The van der Waals surface area contributed by atoms with Gasteiger partial charge >= 0.3 is 0 Å². The number of H-pyrrole nitrogens is 1. The van der Waals surface area contributed by atoms with Gasteiger partial charge in [0.1, 0.15) is 0 Å². The minimum absolute atomic E-state index is 0.766. The molecular weight excluding hydrogens is 204 g/mol. The molecule has 0 aliphatic heterocycles. The highest BCUT2D eigenvalue weighted by Gasteiger charge is 2.02. The summed E-state index contributed by atoms with van der Waals surface area (Å²) >= 11 is 0. The molecule has 0 bridgehead atoms. The molecule has 16 heavy (non-hydrogen) atoms. The normalized spacial score (nSPS) is 11.2. The zero-order valence-corrected chi connectivity index (χ0v) is 10.4. The summed E-state index contributed by atoms with van der Waals surface area (Å²) in [5.74, 6) is 0. The second-order valence-corrected chi connectivity index (χ2v) is 4.02. The molecule has 0 aliphatic rings. The minimum Gasteiger partial charge on any atom is -0.383 e. The second-order valence-electron chi connectivity index (χ2n) is 4.02. The molecule has 0 saturated heterocycles. The molecule has 1 rings (SSSR count). The first kappa shape index (κ1) is 13.2. The number of ether oxygens (including phenoxy) is 1. The van der Waals surface area contributed by atoms with Gasteiger partial charge in [-0.25, -0.2) is 0 Å². The van der Waals surface area contributed by atoms with Crippen molar-refractivity contribution in [2.24, 2.45) is 0 Å². The molecule has 0 fully saturated rings. The van der Waals surface area contributed by atoms with E-state index in [1.165, 1.54) is 0 Å². The summed E-state index contributed by atoms with van der Waals surface area (Å²) in [6.45, 7) is 6.56. The van der Waals surface area contributed by atoms with Crippen LogP contribution >= 0.6 is 0 Å². The monoisotopic (exact) mass is 226 g/mol. The highest BCUT2D eigenvalue weighted by Crippen LogP contribution is 2.00. The molecule has 5 heteroatoms. The van der Waals surface area contributed by atoms with Crippen LogP contribution in [0.1, 0.15) is 11.4 Å². The number of aromatic amines is 1. The Kier molecular flexibility index (Phi) is 6.07. The Labute approximate surface area is 97.2 Å². The molecule has 92 valence electrons. The van der Waals surface area contributed by atoms with E-state index in [-0.39, 0.29) is 0 Å². The van der Waals surface area contributed by atoms with E-state index in [0.29, 0.717) is 0 Å². The number of aryl methyl sites for hydroxylation is 1. The second kappa shape index (κ2) is 7.38. The fourth-order valence-corrected chi connectivity index (χ4v) is 1.48. The summed E-state index contributed by atoms with van der Waals surface area (Å²) in [5, 5.41) is 10.5. The average Bonchev–Trinajstić information content (AvgIpc) is 2.63. The molecule has 0 unspecified atom stereocenters. The first-order chi connectivity index (χ1) is 7.72. The van der Waals surface area contributed by atoms with Crippen molar-refractivity contribution in [1.29, 1.82) is 0 Å². The molecule has 0 atom stereocenters. The van der Waals surface area contributed by atoms with Crippen LogP contribution in [0.3, 0.4) is 0 Å². The molecular formula is C11H22N4O. The number of nitrogens with one attached hydrogen (secondary N) is 2. The van der Waals surface area contributed by atoms with Gasteiger partial charge in [-0.05, 0) is 20.0 Å². The van der Waals surface area contributed by atoms with Crippen molar-refractivity contribution in [1.82, 2.24) is 20.4 Å². The number of hydrogen-bond acceptors (Lipinski definition) is 4. The third-order valence-corrected chi connectivity index (χ3v) is 2.34. The van der Waals surface area contributed by atoms with Crippen LogP contribution in [0, 0.1) is 6.92 Å². The molecule has 0 radical (unpaired) electrons. The number of hydrogen-bond donors (Lipinski definition) is 2. The molecule has 1 aromatic rings. The van der Waals surface area contributed by atoms with E-state index in [2.05, 4.69) is 33.5 Å². The Bertz CT molecular complexity index is 287. The Morgan fingerprint density at radius 1 is 1.50 bits per heavy atom. The first-order valence-corrected chi connectivity index (χ1v) is 5.61. The molecule has 2 N–H and O–H groups in total. The first-order valence-electron chi connectivity index (χ1n) is 5.61. The lowest BCUT2D eigenvalue weighted by atomic mass is 10.3. The highest BCUT2D eigenvalue weighted by molar-refractivity contribution is 5.06. The summed E-state index contributed by atoms with van der Waals surface area (Å²) in [7, 11) is 3.82. The predicted molar refractivity (Wildman–Crippen MR) is 64.4 cm³/mol. The van der Waals surface area contributed by atoms with Crippen LogP contribution in [0.4, 0.5) is 0 Å². The van der Waals surface area contributed by atoms with Crippen molar-refractivity contribution >= 4 is 0 Å². The molecule has 5 nitrogen and oxygen atoms in total. The summed E-state index contributed by atoms with van der Waals surface area (Å²) in [5.41, 5.74) is 2.21. The largest absolute Gasteiger partial charge is 0.383 e. The van der Waals surface area contributed by atoms with Crippen molar-refractivity contribution in [3.05, 3.63) is 17.5 Å². The molecule has 1 aromatic heterocycles. The molecule has 0 aromatic carbocycles. The van der Waals surface area contributed by atoms with E-state index in [9.17, 15) is 0 Å². The number of methoxy groups -OCH3 is 1. The van der Waals surface area contributed by atoms with Crippen LogP contribution in [0.25, 0.3) is 0 Å². The third-order valence-electron chi connectivity index (χ3n) is 2.34. The van der Waals surface area contributed by atoms with Gasteiger partial charge < -0.3 is 10.1 Å². The van der Waals surface area contributed by atoms with Crippen LogP contribution in [-0.2, 0) is 11.3 Å². The van der Waals surface area contributed by atoms with Crippen molar-refractivity contribution in [2.45, 2.75) is 13.5 Å². The summed E-state index contributed by atoms with van der Waals surface area (Å²) in [6, 6.07) is 2.08. The third kappa shape index (κ3) is 5.25. The lowest BCUT2D eigenvalue weighted by Crippen LogP contribution is -2.30. The Hall–Kier alpha value is -0.910. The van der Waals surface area contributed by atoms with Crippen molar-refractivity contribution < 1.29 is 4.74 Å². The zero-order valence-electron chi connectivity index (χ0n) is 10.4. The number of aromatic nitrogens is 2.